The molecule has 2 amide bonds. The van der Waals surface area contributed by atoms with Crippen LogP contribution in [0.3, 0.4) is 0 Å². The number of carbonyl (C=O) groups excluding carboxylic acids is 2. The molecule has 1 atom stereocenters. The highest BCUT2D eigenvalue weighted by Gasteiger charge is 2.27. The van der Waals surface area contributed by atoms with Gasteiger partial charge in [0.25, 0.3) is 5.91 Å². The number of hydrogen-bond acceptors (Lipinski definition) is 7. The van der Waals surface area contributed by atoms with Gasteiger partial charge in [0.2, 0.25) is 17.7 Å². The lowest BCUT2D eigenvalue weighted by atomic mass is 10.2. The van der Waals surface area contributed by atoms with Crippen LogP contribution >= 0.6 is 0 Å². The molecule has 0 saturated heterocycles. The van der Waals surface area contributed by atoms with E-state index in [2.05, 4.69) is 25.9 Å². The van der Waals surface area contributed by atoms with Crippen molar-refractivity contribution in [3.8, 4) is 11.8 Å². The van der Waals surface area contributed by atoms with Gasteiger partial charge in [-0.05, 0) is 13.0 Å². The molecule has 0 bridgehead atoms. The fourth-order valence-electron chi connectivity index (χ4n) is 2.53. The molecule has 2 aromatic heterocycles. The number of amides is 2. The number of ether oxygens (including phenoxy) is 2. The van der Waals surface area contributed by atoms with Crippen LogP contribution < -0.4 is 20.1 Å². The molecule has 2 N–H and O–H groups in total. The highest BCUT2D eigenvalue weighted by Crippen LogP contribution is 2.20. The SMILES string of the molecule is COc1ccc(C(=O)NCc2nnn3c2CNC(=O)C3C)c(OC)n1. The summed E-state index contributed by atoms with van der Waals surface area (Å²) in [6.07, 6.45) is 0. The molecule has 0 spiro atoms. The third kappa shape index (κ3) is 3.10. The van der Waals surface area contributed by atoms with Gasteiger partial charge in [-0.3, -0.25) is 9.59 Å². The fourth-order valence-corrected chi connectivity index (χ4v) is 2.53. The quantitative estimate of drug-likeness (QED) is 0.770. The van der Waals surface area contributed by atoms with E-state index in [4.69, 9.17) is 9.47 Å². The number of carbonyl (C=O) groups is 2. The van der Waals surface area contributed by atoms with Gasteiger partial charge in [0, 0.05) is 6.07 Å². The molecule has 0 saturated carbocycles. The van der Waals surface area contributed by atoms with Crippen molar-refractivity contribution in [3.63, 3.8) is 0 Å². The molecule has 1 aliphatic heterocycles. The third-order valence-corrected chi connectivity index (χ3v) is 3.95. The molecule has 3 rings (SSSR count). The van der Waals surface area contributed by atoms with Crippen molar-refractivity contribution in [2.75, 3.05) is 14.2 Å². The van der Waals surface area contributed by atoms with Gasteiger partial charge in [0.1, 0.15) is 17.3 Å². The zero-order valence-electron chi connectivity index (χ0n) is 14.1. The minimum Gasteiger partial charge on any atom is -0.481 e. The fraction of sp³-hybridized carbons (Fsp3) is 0.400. The largest absolute Gasteiger partial charge is 0.481 e. The lowest BCUT2D eigenvalue weighted by Crippen LogP contribution is -2.38. The van der Waals surface area contributed by atoms with Gasteiger partial charge in [-0.25, -0.2) is 4.68 Å². The van der Waals surface area contributed by atoms with Crippen LogP contribution in [0, 0.1) is 0 Å². The molecule has 0 radical (unpaired) electrons. The maximum Gasteiger partial charge on any atom is 0.257 e. The standard InChI is InChI=1S/C15H18N6O4/c1-8-13(22)17-7-11-10(19-20-21(8)11)6-16-14(23)9-4-5-12(24-2)18-15(9)25-3/h4-5,8H,6-7H2,1-3H3,(H,16,23)(H,17,22). The smallest absolute Gasteiger partial charge is 0.257 e. The number of nitrogens with one attached hydrogen (secondary N) is 2. The highest BCUT2D eigenvalue weighted by molar-refractivity contribution is 5.96. The number of pyridine rings is 1. The normalized spacial score (nSPS) is 16.0. The summed E-state index contributed by atoms with van der Waals surface area (Å²) in [6.45, 7) is 2.24. The molecule has 1 aliphatic rings. The van der Waals surface area contributed by atoms with E-state index in [-0.39, 0.29) is 29.8 Å². The average molecular weight is 346 g/mol. The van der Waals surface area contributed by atoms with Crippen LogP contribution in [0.4, 0.5) is 0 Å². The maximum absolute atomic E-state index is 12.4. The molecule has 3 heterocycles. The summed E-state index contributed by atoms with van der Waals surface area (Å²) in [5, 5.41) is 13.6. The lowest BCUT2D eigenvalue weighted by Gasteiger charge is -2.20. The molecule has 2 aromatic rings. The van der Waals surface area contributed by atoms with E-state index in [1.54, 1.807) is 23.7 Å². The molecule has 1 unspecified atom stereocenters. The van der Waals surface area contributed by atoms with E-state index in [1.165, 1.54) is 14.2 Å². The number of methoxy groups -OCH3 is 2. The minimum atomic E-state index is -0.424. The lowest BCUT2D eigenvalue weighted by molar-refractivity contribution is -0.125. The van der Waals surface area contributed by atoms with Crippen molar-refractivity contribution in [3.05, 3.63) is 29.1 Å². The number of nitrogens with zero attached hydrogens (tertiary/aromatic N) is 4. The number of rotatable bonds is 5. The van der Waals surface area contributed by atoms with Gasteiger partial charge < -0.3 is 20.1 Å². The van der Waals surface area contributed by atoms with Crippen molar-refractivity contribution < 1.29 is 19.1 Å². The Morgan fingerprint density at radius 3 is 2.92 bits per heavy atom. The second-order valence-corrected chi connectivity index (χ2v) is 5.41. The zero-order chi connectivity index (χ0) is 18.0. The van der Waals surface area contributed by atoms with Gasteiger partial charge in [0.15, 0.2) is 0 Å². The van der Waals surface area contributed by atoms with E-state index in [0.29, 0.717) is 18.1 Å². The van der Waals surface area contributed by atoms with E-state index in [9.17, 15) is 9.59 Å². The molecular weight excluding hydrogens is 328 g/mol. The summed E-state index contributed by atoms with van der Waals surface area (Å²) in [5.41, 5.74) is 1.65. The van der Waals surface area contributed by atoms with Gasteiger partial charge in [-0.15, -0.1) is 5.10 Å². The Bertz CT molecular complexity index is 818. The van der Waals surface area contributed by atoms with E-state index >= 15 is 0 Å². The summed E-state index contributed by atoms with van der Waals surface area (Å²) in [4.78, 5) is 28.1. The van der Waals surface area contributed by atoms with E-state index in [0.717, 1.165) is 5.69 Å². The molecule has 132 valence electrons. The summed E-state index contributed by atoms with van der Waals surface area (Å²) < 4.78 is 11.7. The molecule has 10 nitrogen and oxygen atoms in total. The molecule has 10 heteroatoms. The van der Waals surface area contributed by atoms with Crippen LogP contribution in [-0.2, 0) is 17.9 Å². The monoisotopic (exact) mass is 346 g/mol. The number of hydrogen-bond donors (Lipinski definition) is 2. The predicted octanol–water partition coefficient (Wildman–Crippen LogP) is -0.189. The molecule has 0 aliphatic carbocycles. The molecule has 25 heavy (non-hydrogen) atoms. The van der Waals surface area contributed by atoms with Crippen LogP contribution in [0.5, 0.6) is 11.8 Å². The zero-order valence-corrected chi connectivity index (χ0v) is 14.1. The van der Waals surface area contributed by atoms with Crippen LogP contribution in [-0.4, -0.2) is 46.0 Å². The summed E-state index contributed by atoms with van der Waals surface area (Å²) in [6, 6.07) is 2.73. The third-order valence-electron chi connectivity index (χ3n) is 3.95. The summed E-state index contributed by atoms with van der Waals surface area (Å²) in [7, 11) is 2.91. The molecule has 0 fully saturated rings. The van der Waals surface area contributed by atoms with E-state index in [1.807, 2.05) is 0 Å². The first-order valence-corrected chi connectivity index (χ1v) is 7.63. The Kier molecular flexibility index (Phi) is 4.50. The first-order valence-electron chi connectivity index (χ1n) is 7.63. The Hall–Kier alpha value is -3.17. The van der Waals surface area contributed by atoms with Crippen molar-refractivity contribution in [2.24, 2.45) is 0 Å². The topological polar surface area (TPSA) is 120 Å². The average Bonchev–Trinajstić information content (AvgIpc) is 3.05. The van der Waals surface area contributed by atoms with Gasteiger partial charge in [-0.1, -0.05) is 5.21 Å². The number of fused-ring (bicyclic) bond motifs is 1. The molecule has 0 aromatic carbocycles. The number of aromatic nitrogens is 4. The minimum absolute atomic E-state index is 0.109. The van der Waals surface area contributed by atoms with Crippen molar-refractivity contribution in [1.82, 2.24) is 30.6 Å². The first kappa shape index (κ1) is 16.7. The van der Waals surface area contributed by atoms with Crippen molar-refractivity contribution in [2.45, 2.75) is 26.1 Å². The Labute approximate surface area is 143 Å². The van der Waals surface area contributed by atoms with Crippen LogP contribution in [0.1, 0.15) is 34.7 Å². The maximum atomic E-state index is 12.4. The predicted molar refractivity (Wildman–Crippen MR) is 85.1 cm³/mol. The first-order chi connectivity index (χ1) is 12.0. The van der Waals surface area contributed by atoms with Gasteiger partial charge in [-0.2, -0.15) is 4.98 Å². The summed E-state index contributed by atoms with van der Waals surface area (Å²) >= 11 is 0. The molecular formula is C15H18N6O4. The summed E-state index contributed by atoms with van der Waals surface area (Å²) in [5.74, 6) is 0.0527. The van der Waals surface area contributed by atoms with Crippen LogP contribution in [0.15, 0.2) is 12.1 Å². The van der Waals surface area contributed by atoms with Crippen molar-refractivity contribution >= 4 is 11.8 Å². The van der Waals surface area contributed by atoms with Crippen LogP contribution in [0.2, 0.25) is 0 Å². The Morgan fingerprint density at radius 1 is 1.40 bits per heavy atom. The van der Waals surface area contributed by atoms with Crippen LogP contribution in [0.25, 0.3) is 0 Å². The van der Waals surface area contributed by atoms with E-state index < -0.39 is 6.04 Å². The Balaban J connectivity index is 1.74. The van der Waals surface area contributed by atoms with Gasteiger partial charge in [0.05, 0.1) is 33.0 Å². The van der Waals surface area contributed by atoms with Gasteiger partial charge >= 0.3 is 0 Å². The second-order valence-electron chi connectivity index (χ2n) is 5.41. The highest BCUT2D eigenvalue weighted by atomic mass is 16.5. The Morgan fingerprint density at radius 2 is 2.20 bits per heavy atom. The van der Waals surface area contributed by atoms with Crippen molar-refractivity contribution in [1.29, 1.82) is 0 Å². The second kappa shape index (κ2) is 6.75.